The summed E-state index contributed by atoms with van der Waals surface area (Å²) >= 11 is 13.6. The number of halogens is 2. The van der Waals surface area contributed by atoms with E-state index in [1.807, 2.05) is 91.7 Å². The number of ether oxygens (including phenoxy) is 4. The molecule has 4 heterocycles. The molecule has 0 aliphatic rings. The third-order valence-electron chi connectivity index (χ3n) is 11.0. The molecule has 0 unspecified atom stereocenters. The zero-order valence-electron chi connectivity index (χ0n) is 38.9. The van der Waals surface area contributed by atoms with Crippen molar-refractivity contribution in [3.05, 3.63) is 107 Å². The lowest BCUT2D eigenvalue weighted by molar-refractivity contribution is 0.394. The van der Waals surface area contributed by atoms with Crippen LogP contribution in [0.3, 0.4) is 0 Å². The molecule has 0 spiro atoms. The fourth-order valence-corrected chi connectivity index (χ4v) is 8.14. The zero-order valence-corrected chi connectivity index (χ0v) is 40.4. The van der Waals surface area contributed by atoms with E-state index in [9.17, 15) is 0 Å². The number of benzene rings is 4. The number of aryl methyl sites for hydroxylation is 2. The van der Waals surface area contributed by atoms with Crippen molar-refractivity contribution < 1.29 is 18.9 Å². The summed E-state index contributed by atoms with van der Waals surface area (Å²) in [5.41, 5.74) is 11.2. The van der Waals surface area contributed by atoms with Crippen LogP contribution in [0.25, 0.3) is 44.6 Å². The van der Waals surface area contributed by atoms with E-state index in [1.165, 1.54) is 0 Å². The molecular weight excluding hydrogens is 878 g/mol. The van der Waals surface area contributed by atoms with Gasteiger partial charge in [0.25, 0.3) is 0 Å². The van der Waals surface area contributed by atoms with Gasteiger partial charge in [-0.25, -0.2) is 9.97 Å². The highest BCUT2D eigenvalue weighted by Gasteiger charge is 2.24. The zero-order chi connectivity index (χ0) is 47.1. The predicted octanol–water partition coefficient (Wildman–Crippen LogP) is 10.4. The summed E-state index contributed by atoms with van der Waals surface area (Å²) < 4.78 is 25.5. The van der Waals surface area contributed by atoms with Gasteiger partial charge in [0.15, 0.2) is 0 Å². The van der Waals surface area contributed by atoms with Gasteiger partial charge in [0, 0.05) is 104 Å². The fraction of sp³-hybridized carbons (Fsp3) is 0.306. The maximum atomic E-state index is 6.79. The second-order valence-electron chi connectivity index (χ2n) is 15.8. The van der Waals surface area contributed by atoms with Gasteiger partial charge >= 0.3 is 0 Å². The minimum absolute atomic E-state index is 0.326. The Hall–Kier alpha value is -6.68. The number of rotatable bonds is 16. The second kappa shape index (κ2) is 21.1. The van der Waals surface area contributed by atoms with Crippen LogP contribution in [0.15, 0.2) is 91.6 Å². The van der Waals surface area contributed by atoms with Crippen LogP contribution in [0.5, 0.6) is 23.0 Å². The number of hydrogen-bond donors (Lipinski definition) is 1. The molecule has 0 saturated carbocycles. The normalized spacial score (nSPS) is 11.2. The van der Waals surface area contributed by atoms with Crippen LogP contribution < -0.4 is 34.1 Å². The van der Waals surface area contributed by atoms with Gasteiger partial charge in [0.05, 0.1) is 92.4 Å². The number of nitrogens with one attached hydrogen (secondary N) is 1. The molecule has 0 radical (unpaired) electrons. The third kappa shape index (κ3) is 10.4. The van der Waals surface area contributed by atoms with E-state index >= 15 is 0 Å². The van der Waals surface area contributed by atoms with Crippen molar-refractivity contribution >= 4 is 68.0 Å². The van der Waals surface area contributed by atoms with Gasteiger partial charge in [-0.2, -0.15) is 10.2 Å². The van der Waals surface area contributed by atoms with Crippen LogP contribution in [0.2, 0.25) is 10.0 Å². The lowest BCUT2D eigenvalue weighted by Gasteiger charge is -2.29. The Kier molecular flexibility index (Phi) is 15.1. The van der Waals surface area contributed by atoms with Crippen LogP contribution in [-0.4, -0.2) is 93.6 Å². The van der Waals surface area contributed by atoms with Crippen molar-refractivity contribution in [1.29, 1.82) is 0 Å². The first-order valence-corrected chi connectivity index (χ1v) is 22.2. The summed E-state index contributed by atoms with van der Waals surface area (Å²) in [6.45, 7) is 10.5. The van der Waals surface area contributed by atoms with E-state index in [2.05, 4.69) is 63.3 Å². The molecule has 8 rings (SSSR count). The minimum Gasteiger partial charge on any atom is -0.497 e. The topological polar surface area (TPSA) is 143 Å². The molecule has 1 N–H and O–H groups in total. The summed E-state index contributed by atoms with van der Waals surface area (Å²) in [6, 6.07) is 20.0. The van der Waals surface area contributed by atoms with Gasteiger partial charge in [0.2, 0.25) is 0 Å². The van der Waals surface area contributed by atoms with Crippen LogP contribution in [0.4, 0.5) is 22.7 Å². The largest absolute Gasteiger partial charge is 0.497 e. The standard InChI is InChI=1S/C25H28Cl2N6O2.C24H27N5O2/c1-15(2)28-8-9-33(25-23(26)21(34-4)11-22(35-5)24(25)27)17-6-7-18-19(10-17)31-20(13-29-18)16-12-30-32(3)14-16;1-6-9-29(18-10-19(30-4)13-20(11-18)31-5)17-7-8-22-23(12-17)27-24(15-25-22)21-14-26-28(3)16(21)2/h6-7,10-15,28H,8-9H2,1-5H3;7-8,10-15H,6,9H2,1-5H3. The lowest BCUT2D eigenvalue weighted by Crippen LogP contribution is -2.33. The molecule has 0 fully saturated rings. The van der Waals surface area contributed by atoms with Gasteiger partial charge in [-0.15, -0.1) is 0 Å². The number of aromatic nitrogens is 8. The highest BCUT2D eigenvalue weighted by Crippen LogP contribution is 2.48. The first kappa shape index (κ1) is 47.3. The molecule has 0 aliphatic heterocycles. The second-order valence-corrected chi connectivity index (χ2v) is 16.5. The Labute approximate surface area is 395 Å². The Morgan fingerprint density at radius 2 is 1.24 bits per heavy atom. The number of nitrogens with zero attached hydrogens (tertiary/aromatic N) is 10. The van der Waals surface area contributed by atoms with Crippen molar-refractivity contribution in [2.24, 2.45) is 14.1 Å². The first-order chi connectivity index (χ1) is 31.8. The van der Waals surface area contributed by atoms with E-state index in [4.69, 9.17) is 52.1 Å². The van der Waals surface area contributed by atoms with Gasteiger partial charge in [-0.05, 0) is 49.7 Å². The predicted molar refractivity (Wildman–Crippen MR) is 265 cm³/mol. The van der Waals surface area contributed by atoms with Crippen molar-refractivity contribution in [1.82, 2.24) is 44.8 Å². The fourth-order valence-electron chi connectivity index (χ4n) is 7.43. The molecule has 344 valence electrons. The van der Waals surface area contributed by atoms with E-state index in [0.29, 0.717) is 46.4 Å². The molecule has 0 bridgehead atoms. The maximum absolute atomic E-state index is 6.79. The highest BCUT2D eigenvalue weighted by molar-refractivity contribution is 6.41. The molecule has 0 aliphatic carbocycles. The van der Waals surface area contributed by atoms with Crippen molar-refractivity contribution in [2.45, 2.75) is 40.2 Å². The van der Waals surface area contributed by atoms with E-state index in [-0.39, 0.29) is 0 Å². The molecule has 0 atom stereocenters. The Morgan fingerprint density at radius 3 is 1.76 bits per heavy atom. The van der Waals surface area contributed by atoms with Crippen LogP contribution in [0.1, 0.15) is 32.9 Å². The molecule has 15 nitrogen and oxygen atoms in total. The SMILES string of the molecule is CCCN(c1cc(OC)cc(OC)c1)c1ccc2ncc(-c3cnn(C)c3C)nc2c1.COc1cc(OC)c(Cl)c(N(CCNC(C)C)c2ccc3ncc(-c4cnn(C)c4)nc3c2)c1Cl. The number of fused-ring (bicyclic) bond motifs is 2. The van der Waals surface area contributed by atoms with Crippen LogP contribution >= 0.6 is 23.2 Å². The van der Waals surface area contributed by atoms with Gasteiger partial charge in [-0.1, -0.05) is 44.0 Å². The van der Waals surface area contributed by atoms with Crippen LogP contribution in [0, 0.1) is 6.92 Å². The monoisotopic (exact) mass is 931 g/mol. The van der Waals surface area contributed by atoms with E-state index in [0.717, 1.165) is 91.8 Å². The molecule has 66 heavy (non-hydrogen) atoms. The number of anilines is 4. The highest BCUT2D eigenvalue weighted by atomic mass is 35.5. The summed E-state index contributed by atoms with van der Waals surface area (Å²) in [7, 11) is 10.3. The van der Waals surface area contributed by atoms with Gasteiger partial charge in [-0.3, -0.25) is 19.3 Å². The maximum Gasteiger partial charge on any atom is 0.143 e. The number of methoxy groups -OCH3 is 4. The molecular formula is C49H55Cl2N11O4. The summed E-state index contributed by atoms with van der Waals surface area (Å²) in [4.78, 5) is 23.2. The summed E-state index contributed by atoms with van der Waals surface area (Å²) in [6.07, 6.45) is 10.1. The van der Waals surface area contributed by atoms with Crippen LogP contribution in [-0.2, 0) is 14.1 Å². The molecule has 4 aromatic heterocycles. The van der Waals surface area contributed by atoms with Gasteiger partial charge < -0.3 is 34.1 Å². The summed E-state index contributed by atoms with van der Waals surface area (Å²) in [5, 5.41) is 12.8. The minimum atomic E-state index is 0.326. The Morgan fingerprint density at radius 1 is 0.652 bits per heavy atom. The van der Waals surface area contributed by atoms with Crippen molar-refractivity contribution in [3.63, 3.8) is 0 Å². The van der Waals surface area contributed by atoms with E-state index < -0.39 is 0 Å². The summed E-state index contributed by atoms with van der Waals surface area (Å²) in [5.74, 6) is 2.46. The third-order valence-corrected chi connectivity index (χ3v) is 11.7. The lowest BCUT2D eigenvalue weighted by atomic mass is 10.1. The quantitative estimate of drug-likeness (QED) is 0.0983. The average molecular weight is 933 g/mol. The van der Waals surface area contributed by atoms with E-state index in [1.54, 1.807) is 51.6 Å². The first-order valence-electron chi connectivity index (χ1n) is 21.5. The van der Waals surface area contributed by atoms with Gasteiger partial charge in [0.1, 0.15) is 33.0 Å². The number of hydrogen-bond acceptors (Lipinski definition) is 13. The van der Waals surface area contributed by atoms with Crippen molar-refractivity contribution in [3.8, 4) is 45.5 Å². The average Bonchev–Trinajstić information content (AvgIpc) is 3.92. The molecule has 4 aromatic carbocycles. The smallest absolute Gasteiger partial charge is 0.143 e. The Bertz CT molecular complexity index is 2910. The Balaban J connectivity index is 0.000000198. The molecule has 17 heteroatoms. The molecule has 0 saturated heterocycles. The molecule has 8 aromatic rings. The molecule has 0 amide bonds. The van der Waals surface area contributed by atoms with Crippen molar-refractivity contribution in [2.75, 3.05) is 57.9 Å².